The Kier molecular flexibility index (Phi) is 6.36. The van der Waals surface area contributed by atoms with Crippen LogP contribution in [-0.2, 0) is 4.74 Å². The number of piperidine rings is 1. The molecule has 0 bridgehead atoms. The number of carbonyl (C=O) groups excluding carboxylic acids is 2. The highest BCUT2D eigenvalue weighted by Gasteiger charge is 2.47. The second-order valence-electron chi connectivity index (χ2n) is 7.75. The zero-order valence-corrected chi connectivity index (χ0v) is 18.3. The molecular weight excluding hydrogens is 412 g/mol. The molecule has 2 aliphatic heterocycles. The summed E-state index contributed by atoms with van der Waals surface area (Å²) in [5.41, 5.74) is 0.704. The van der Waals surface area contributed by atoms with Crippen molar-refractivity contribution < 1.29 is 23.8 Å². The number of urea groups is 2. The van der Waals surface area contributed by atoms with Crippen LogP contribution in [0.15, 0.2) is 48.5 Å². The maximum atomic E-state index is 13.0. The molecule has 2 saturated heterocycles. The van der Waals surface area contributed by atoms with E-state index in [-0.39, 0.29) is 12.1 Å². The number of hydrogen-bond acceptors (Lipinski definition) is 5. The molecule has 0 aromatic heterocycles. The molecule has 0 radical (unpaired) electrons. The summed E-state index contributed by atoms with van der Waals surface area (Å²) in [5.74, 6) is 1.46. The fraction of sp³-hybridized carbons (Fsp3) is 0.391. The average molecular weight is 441 g/mol. The number of carbonyl (C=O) groups is 2. The Morgan fingerprint density at radius 1 is 0.812 bits per heavy atom. The first-order valence-electron chi connectivity index (χ1n) is 10.6. The number of nitrogens with zero attached hydrogens (tertiary/aromatic N) is 2. The van der Waals surface area contributed by atoms with Gasteiger partial charge in [0, 0.05) is 43.9 Å². The van der Waals surface area contributed by atoms with Gasteiger partial charge in [0.25, 0.3) is 0 Å². The summed E-state index contributed by atoms with van der Waals surface area (Å²) in [6.07, 6.45) is 1.11. The van der Waals surface area contributed by atoms with Crippen molar-refractivity contribution in [3.63, 3.8) is 0 Å². The van der Waals surface area contributed by atoms with Gasteiger partial charge in [-0.1, -0.05) is 0 Å². The predicted molar refractivity (Wildman–Crippen MR) is 120 cm³/mol. The number of rotatable bonds is 4. The summed E-state index contributed by atoms with van der Waals surface area (Å²) in [4.78, 5) is 29.1. The van der Waals surface area contributed by atoms with Crippen LogP contribution in [0.5, 0.6) is 11.5 Å². The molecule has 4 rings (SSSR count). The third-order valence-corrected chi connectivity index (χ3v) is 5.94. The van der Waals surface area contributed by atoms with Crippen LogP contribution in [0.1, 0.15) is 12.8 Å². The molecule has 32 heavy (non-hydrogen) atoms. The molecule has 2 aromatic rings. The second-order valence-corrected chi connectivity index (χ2v) is 7.75. The van der Waals surface area contributed by atoms with Crippen LogP contribution in [-0.4, -0.2) is 68.0 Å². The van der Waals surface area contributed by atoms with E-state index in [4.69, 9.17) is 14.2 Å². The monoisotopic (exact) mass is 440 g/mol. The van der Waals surface area contributed by atoms with E-state index >= 15 is 0 Å². The van der Waals surface area contributed by atoms with Gasteiger partial charge in [0.1, 0.15) is 17.2 Å². The Hall–Kier alpha value is -3.46. The van der Waals surface area contributed by atoms with E-state index in [0.717, 1.165) is 11.5 Å². The molecule has 2 heterocycles. The fourth-order valence-electron chi connectivity index (χ4n) is 4.11. The Morgan fingerprint density at radius 2 is 1.31 bits per heavy atom. The van der Waals surface area contributed by atoms with Crippen LogP contribution in [0.3, 0.4) is 0 Å². The van der Waals surface area contributed by atoms with Gasteiger partial charge in [-0.15, -0.1) is 0 Å². The van der Waals surface area contributed by atoms with E-state index in [2.05, 4.69) is 10.6 Å². The number of ether oxygens (including phenoxy) is 3. The molecule has 0 aliphatic carbocycles. The number of amides is 4. The lowest BCUT2D eigenvalue weighted by molar-refractivity contribution is -0.0944. The van der Waals surface area contributed by atoms with Crippen LogP contribution in [0.25, 0.3) is 0 Å². The van der Waals surface area contributed by atoms with Gasteiger partial charge in [-0.3, -0.25) is 4.90 Å². The van der Waals surface area contributed by atoms with Crippen molar-refractivity contribution in [3.8, 4) is 11.5 Å². The second kappa shape index (κ2) is 9.35. The smallest absolute Gasteiger partial charge is 0.324 e. The highest BCUT2D eigenvalue weighted by Crippen LogP contribution is 2.35. The average Bonchev–Trinajstić information content (AvgIpc) is 3.23. The molecular formula is C23H28N4O5. The lowest BCUT2D eigenvalue weighted by atomic mass is 9.99. The summed E-state index contributed by atoms with van der Waals surface area (Å²) in [7, 11) is 3.20. The first-order valence-corrected chi connectivity index (χ1v) is 10.6. The van der Waals surface area contributed by atoms with Crippen molar-refractivity contribution in [1.82, 2.24) is 9.80 Å². The fourth-order valence-corrected chi connectivity index (χ4v) is 4.11. The summed E-state index contributed by atoms with van der Waals surface area (Å²) in [6, 6.07) is 14.0. The van der Waals surface area contributed by atoms with Crippen molar-refractivity contribution in [2.75, 3.05) is 51.1 Å². The van der Waals surface area contributed by atoms with Crippen LogP contribution < -0.4 is 20.1 Å². The molecule has 2 aliphatic rings. The van der Waals surface area contributed by atoms with Crippen LogP contribution in [0, 0.1) is 0 Å². The van der Waals surface area contributed by atoms with Crippen molar-refractivity contribution in [2.45, 2.75) is 18.6 Å². The van der Waals surface area contributed by atoms with E-state index in [1.54, 1.807) is 72.6 Å². The van der Waals surface area contributed by atoms with E-state index in [0.29, 0.717) is 50.5 Å². The van der Waals surface area contributed by atoms with Crippen LogP contribution in [0.4, 0.5) is 21.0 Å². The highest BCUT2D eigenvalue weighted by atomic mass is 16.5. The molecule has 4 amide bonds. The van der Waals surface area contributed by atoms with Gasteiger partial charge in [-0.2, -0.15) is 0 Å². The Bertz CT molecular complexity index is 940. The normalized spacial score (nSPS) is 17.2. The summed E-state index contributed by atoms with van der Waals surface area (Å²) < 4.78 is 16.3. The maximum Gasteiger partial charge on any atom is 0.324 e. The lowest BCUT2D eigenvalue weighted by Gasteiger charge is -2.43. The summed E-state index contributed by atoms with van der Waals surface area (Å²) in [6.45, 7) is 1.98. The third-order valence-electron chi connectivity index (χ3n) is 5.94. The van der Waals surface area contributed by atoms with Gasteiger partial charge in [-0.05, 0) is 48.5 Å². The molecule has 2 aromatic carbocycles. The van der Waals surface area contributed by atoms with Crippen molar-refractivity contribution in [2.24, 2.45) is 0 Å². The quantitative estimate of drug-likeness (QED) is 0.758. The molecule has 9 heteroatoms. The van der Waals surface area contributed by atoms with Crippen molar-refractivity contribution in [3.05, 3.63) is 48.5 Å². The van der Waals surface area contributed by atoms with E-state index in [1.165, 1.54) is 0 Å². The number of anilines is 2. The third kappa shape index (κ3) is 4.57. The zero-order chi connectivity index (χ0) is 22.6. The minimum absolute atomic E-state index is 0.169. The Balaban J connectivity index is 1.34. The van der Waals surface area contributed by atoms with Crippen molar-refractivity contribution in [1.29, 1.82) is 0 Å². The molecule has 0 atom stereocenters. The summed E-state index contributed by atoms with van der Waals surface area (Å²) >= 11 is 0. The molecule has 2 fully saturated rings. The minimum Gasteiger partial charge on any atom is -0.497 e. The number of methoxy groups -OCH3 is 2. The topological polar surface area (TPSA) is 92.4 Å². The number of nitrogens with one attached hydrogen (secondary N) is 2. The van der Waals surface area contributed by atoms with Gasteiger partial charge in [-0.25, -0.2) is 9.59 Å². The summed E-state index contributed by atoms with van der Waals surface area (Å²) in [5, 5.41) is 5.84. The van der Waals surface area contributed by atoms with Gasteiger partial charge in [0.2, 0.25) is 0 Å². The molecule has 0 saturated carbocycles. The number of benzene rings is 2. The molecule has 1 spiro atoms. The first kappa shape index (κ1) is 21.8. The van der Waals surface area contributed by atoms with E-state index in [1.807, 2.05) is 0 Å². The molecule has 170 valence electrons. The van der Waals surface area contributed by atoms with Gasteiger partial charge >= 0.3 is 12.1 Å². The lowest BCUT2D eigenvalue weighted by Crippen LogP contribution is -2.57. The van der Waals surface area contributed by atoms with Crippen LogP contribution >= 0.6 is 0 Å². The molecule has 0 unspecified atom stereocenters. The van der Waals surface area contributed by atoms with E-state index in [9.17, 15) is 9.59 Å². The number of hydrogen-bond donors (Lipinski definition) is 2. The SMILES string of the molecule is COc1ccc(NC(=O)N2CCC3(CC2)OCCN3C(=O)Nc2ccc(OC)cc2)cc1. The van der Waals surface area contributed by atoms with Gasteiger partial charge in [0.15, 0.2) is 0 Å². The maximum absolute atomic E-state index is 13.0. The Labute approximate surface area is 187 Å². The highest BCUT2D eigenvalue weighted by molar-refractivity contribution is 5.90. The first-order chi connectivity index (χ1) is 15.5. The van der Waals surface area contributed by atoms with Gasteiger partial charge < -0.3 is 29.7 Å². The standard InChI is InChI=1S/C23H28N4O5/c1-30-19-7-3-17(4-8-19)24-21(28)26-13-11-23(12-14-26)27(15-16-32-23)22(29)25-18-5-9-20(31-2)10-6-18/h3-10H,11-16H2,1-2H3,(H,24,28)(H,25,29). The Morgan fingerprint density at radius 3 is 1.81 bits per heavy atom. The zero-order valence-electron chi connectivity index (χ0n) is 18.3. The van der Waals surface area contributed by atoms with Gasteiger partial charge in [0.05, 0.1) is 20.8 Å². The number of likely N-dealkylation sites (tertiary alicyclic amines) is 1. The van der Waals surface area contributed by atoms with Crippen molar-refractivity contribution >= 4 is 23.4 Å². The molecule has 2 N–H and O–H groups in total. The van der Waals surface area contributed by atoms with E-state index < -0.39 is 5.72 Å². The largest absolute Gasteiger partial charge is 0.497 e. The minimum atomic E-state index is -0.687. The van der Waals surface area contributed by atoms with Crippen LogP contribution in [0.2, 0.25) is 0 Å². The predicted octanol–water partition coefficient (Wildman–Crippen LogP) is 3.59. The molecule has 9 nitrogen and oxygen atoms in total.